The van der Waals surface area contributed by atoms with Gasteiger partial charge >= 0.3 is 5.97 Å². The minimum absolute atomic E-state index is 0.231. The molecule has 20 heavy (non-hydrogen) atoms. The standard InChI is InChI=1S/C15H22N2O2S/c1-10(7-8-20-2)16-14-12(15(18)19)9-11-5-3-4-6-13(11)17-14/h9-10H,3-8H2,1-2H3,(H,16,17)(H,18,19). The van der Waals surface area contributed by atoms with Crippen molar-refractivity contribution in [1.82, 2.24) is 4.98 Å². The van der Waals surface area contributed by atoms with Gasteiger partial charge in [0, 0.05) is 11.7 Å². The molecule has 0 aliphatic heterocycles. The van der Waals surface area contributed by atoms with E-state index in [4.69, 9.17) is 0 Å². The highest BCUT2D eigenvalue weighted by atomic mass is 32.2. The third-order valence-corrected chi connectivity index (χ3v) is 4.31. The van der Waals surface area contributed by atoms with Gasteiger partial charge in [-0.1, -0.05) is 0 Å². The van der Waals surface area contributed by atoms with Crippen LogP contribution in [0.25, 0.3) is 0 Å². The number of hydrogen-bond donors (Lipinski definition) is 2. The molecule has 2 N–H and O–H groups in total. The lowest BCUT2D eigenvalue weighted by Crippen LogP contribution is -2.21. The molecule has 0 saturated heterocycles. The van der Waals surface area contributed by atoms with Gasteiger partial charge in [0.2, 0.25) is 0 Å². The number of rotatable bonds is 6. The summed E-state index contributed by atoms with van der Waals surface area (Å²) < 4.78 is 0. The summed E-state index contributed by atoms with van der Waals surface area (Å²) in [7, 11) is 0. The van der Waals surface area contributed by atoms with Gasteiger partial charge in [-0.3, -0.25) is 0 Å². The third-order valence-electron chi connectivity index (χ3n) is 3.67. The van der Waals surface area contributed by atoms with Crippen molar-refractivity contribution < 1.29 is 9.90 Å². The molecule has 1 aromatic rings. The van der Waals surface area contributed by atoms with Crippen molar-refractivity contribution in [3.05, 3.63) is 22.9 Å². The third kappa shape index (κ3) is 3.66. The lowest BCUT2D eigenvalue weighted by molar-refractivity contribution is 0.0697. The zero-order valence-electron chi connectivity index (χ0n) is 12.1. The van der Waals surface area contributed by atoms with Crippen molar-refractivity contribution in [2.75, 3.05) is 17.3 Å². The summed E-state index contributed by atoms with van der Waals surface area (Å²) in [6, 6.07) is 2.04. The molecule has 1 unspecified atom stereocenters. The van der Waals surface area contributed by atoms with Gasteiger partial charge in [-0.25, -0.2) is 9.78 Å². The van der Waals surface area contributed by atoms with E-state index in [1.807, 2.05) is 6.07 Å². The second-order valence-electron chi connectivity index (χ2n) is 5.33. The topological polar surface area (TPSA) is 62.2 Å². The molecule has 0 aromatic carbocycles. The summed E-state index contributed by atoms with van der Waals surface area (Å²) in [4.78, 5) is 16.0. The van der Waals surface area contributed by atoms with Crippen LogP contribution in [0.15, 0.2) is 6.07 Å². The Kier molecular flexibility index (Phi) is 5.29. The maximum Gasteiger partial charge on any atom is 0.339 e. The number of carboxylic acid groups (broad SMARTS) is 1. The first-order valence-corrected chi connectivity index (χ1v) is 8.52. The number of thioether (sulfide) groups is 1. The molecule has 5 heteroatoms. The number of anilines is 1. The molecule has 110 valence electrons. The number of carbonyl (C=O) groups is 1. The molecular formula is C15H22N2O2S. The lowest BCUT2D eigenvalue weighted by atomic mass is 9.94. The van der Waals surface area contributed by atoms with Gasteiger partial charge in [-0.05, 0) is 62.7 Å². The van der Waals surface area contributed by atoms with Gasteiger partial charge in [0.1, 0.15) is 11.4 Å². The monoisotopic (exact) mass is 294 g/mol. The SMILES string of the molecule is CSCCC(C)Nc1nc2c(cc1C(=O)O)CCCC2. The molecule has 1 heterocycles. The Morgan fingerprint density at radius 1 is 1.50 bits per heavy atom. The fourth-order valence-corrected chi connectivity index (χ4v) is 3.10. The quantitative estimate of drug-likeness (QED) is 0.843. The Labute approximate surface area is 124 Å². The van der Waals surface area contributed by atoms with Crippen LogP contribution in [-0.4, -0.2) is 34.1 Å². The van der Waals surface area contributed by atoms with Crippen LogP contribution in [0.1, 0.15) is 47.8 Å². The fraction of sp³-hybridized carbons (Fsp3) is 0.600. The van der Waals surface area contributed by atoms with Gasteiger partial charge < -0.3 is 10.4 Å². The maximum atomic E-state index is 11.4. The molecule has 0 bridgehead atoms. The first-order valence-electron chi connectivity index (χ1n) is 7.13. The number of carboxylic acids is 1. The van der Waals surface area contributed by atoms with Gasteiger partial charge in [0.25, 0.3) is 0 Å². The molecule has 1 aliphatic rings. The molecular weight excluding hydrogens is 272 g/mol. The van der Waals surface area contributed by atoms with Gasteiger partial charge in [-0.15, -0.1) is 0 Å². The lowest BCUT2D eigenvalue weighted by Gasteiger charge is -2.20. The van der Waals surface area contributed by atoms with Crippen molar-refractivity contribution in [3.63, 3.8) is 0 Å². The van der Waals surface area contributed by atoms with Crippen molar-refractivity contribution in [2.45, 2.75) is 45.1 Å². The van der Waals surface area contributed by atoms with Gasteiger partial charge in [-0.2, -0.15) is 11.8 Å². The van der Waals surface area contributed by atoms with E-state index in [1.165, 1.54) is 0 Å². The molecule has 0 amide bonds. The summed E-state index contributed by atoms with van der Waals surface area (Å²) in [5.41, 5.74) is 2.48. The highest BCUT2D eigenvalue weighted by Crippen LogP contribution is 2.25. The summed E-state index contributed by atoms with van der Waals surface area (Å²) >= 11 is 1.80. The van der Waals surface area contributed by atoms with E-state index in [0.29, 0.717) is 11.4 Å². The van der Waals surface area contributed by atoms with Crippen LogP contribution in [0.4, 0.5) is 5.82 Å². The first kappa shape index (κ1) is 15.2. The van der Waals surface area contributed by atoms with Crippen LogP contribution < -0.4 is 5.32 Å². The summed E-state index contributed by atoms with van der Waals surface area (Å²) in [5, 5.41) is 12.6. The van der Waals surface area contributed by atoms with Crippen LogP contribution in [0, 0.1) is 0 Å². The Morgan fingerprint density at radius 2 is 2.25 bits per heavy atom. The maximum absolute atomic E-state index is 11.4. The zero-order chi connectivity index (χ0) is 14.5. The first-order chi connectivity index (χ1) is 9.61. The van der Waals surface area contributed by atoms with Crippen molar-refractivity contribution in [3.8, 4) is 0 Å². The number of aryl methyl sites for hydroxylation is 2. The van der Waals surface area contributed by atoms with E-state index in [2.05, 4.69) is 23.5 Å². The smallest absolute Gasteiger partial charge is 0.339 e. The number of hydrogen-bond acceptors (Lipinski definition) is 4. The minimum atomic E-state index is -0.898. The molecule has 4 nitrogen and oxygen atoms in total. The molecule has 1 atom stereocenters. The summed E-state index contributed by atoms with van der Waals surface area (Å²) in [6.07, 6.45) is 7.26. The van der Waals surface area contributed by atoms with Crippen LogP contribution in [0.2, 0.25) is 0 Å². The molecule has 2 rings (SSSR count). The van der Waals surface area contributed by atoms with E-state index in [-0.39, 0.29) is 6.04 Å². The van der Waals surface area contributed by atoms with Crippen LogP contribution in [0.3, 0.4) is 0 Å². The Hall–Kier alpha value is -1.23. The summed E-state index contributed by atoms with van der Waals surface area (Å²) in [5.74, 6) is 0.693. The van der Waals surface area contributed by atoms with E-state index in [9.17, 15) is 9.90 Å². The molecule has 0 radical (unpaired) electrons. The Morgan fingerprint density at radius 3 is 2.95 bits per heavy atom. The van der Waals surface area contributed by atoms with Gasteiger partial charge in [0.15, 0.2) is 0 Å². The Bertz CT molecular complexity index is 491. The average molecular weight is 294 g/mol. The molecule has 0 saturated carbocycles. The number of pyridine rings is 1. The van der Waals surface area contributed by atoms with Crippen molar-refractivity contribution in [1.29, 1.82) is 0 Å². The highest BCUT2D eigenvalue weighted by molar-refractivity contribution is 7.98. The van der Waals surface area contributed by atoms with Gasteiger partial charge in [0.05, 0.1) is 0 Å². The molecule has 0 fully saturated rings. The fourth-order valence-electron chi connectivity index (χ4n) is 2.51. The number of nitrogens with zero attached hydrogens (tertiary/aromatic N) is 1. The summed E-state index contributed by atoms with van der Waals surface area (Å²) in [6.45, 7) is 2.07. The van der Waals surface area contributed by atoms with E-state index < -0.39 is 5.97 Å². The molecule has 1 aromatic heterocycles. The van der Waals surface area contributed by atoms with Crippen molar-refractivity contribution >= 4 is 23.5 Å². The Balaban J connectivity index is 2.23. The normalized spacial score (nSPS) is 15.5. The second-order valence-corrected chi connectivity index (χ2v) is 6.32. The van der Waals surface area contributed by atoms with Crippen LogP contribution in [-0.2, 0) is 12.8 Å². The highest BCUT2D eigenvalue weighted by Gasteiger charge is 2.19. The number of aromatic carboxylic acids is 1. The molecule has 1 aliphatic carbocycles. The number of nitrogens with one attached hydrogen (secondary N) is 1. The van der Waals surface area contributed by atoms with Crippen molar-refractivity contribution in [2.24, 2.45) is 0 Å². The minimum Gasteiger partial charge on any atom is -0.478 e. The predicted molar refractivity (Wildman–Crippen MR) is 83.9 cm³/mol. The van der Waals surface area contributed by atoms with E-state index in [1.54, 1.807) is 11.8 Å². The van der Waals surface area contributed by atoms with E-state index >= 15 is 0 Å². The predicted octanol–water partition coefficient (Wildman–Crippen LogP) is 3.21. The number of fused-ring (bicyclic) bond motifs is 1. The zero-order valence-corrected chi connectivity index (χ0v) is 12.9. The number of aromatic nitrogens is 1. The largest absolute Gasteiger partial charge is 0.478 e. The second kappa shape index (κ2) is 6.97. The van der Waals surface area contributed by atoms with E-state index in [0.717, 1.165) is 49.1 Å². The molecule has 0 spiro atoms. The van der Waals surface area contributed by atoms with Crippen LogP contribution in [0.5, 0.6) is 0 Å². The average Bonchev–Trinajstić information content (AvgIpc) is 2.44. The van der Waals surface area contributed by atoms with Crippen LogP contribution >= 0.6 is 11.8 Å².